The second kappa shape index (κ2) is 16.5. The molecule has 0 bridgehead atoms. The summed E-state index contributed by atoms with van der Waals surface area (Å²) in [4.78, 5) is 23.7. The van der Waals surface area contributed by atoms with E-state index < -0.39 is 25.6 Å². The number of rotatable bonds is 10. The molecule has 41 heavy (non-hydrogen) atoms. The summed E-state index contributed by atoms with van der Waals surface area (Å²) >= 11 is 0. The first-order valence-corrected chi connectivity index (χ1v) is 18.9. The predicted molar refractivity (Wildman–Crippen MR) is 170 cm³/mol. The molecule has 2 amide bonds. The van der Waals surface area contributed by atoms with E-state index in [1.165, 1.54) is 51.4 Å². The minimum absolute atomic E-state index is 0.0181. The number of aliphatic hydroxyl groups excluding tert-OH is 1. The van der Waals surface area contributed by atoms with E-state index in [1.54, 1.807) is 0 Å². The zero-order valence-electron chi connectivity index (χ0n) is 28.3. The smallest absolute Gasteiger partial charge is 0.407 e. The lowest BCUT2D eigenvalue weighted by Gasteiger charge is -2.37. The summed E-state index contributed by atoms with van der Waals surface area (Å²) in [6.45, 7) is 23.0. The number of nitrogens with one attached hydrogen (secondary N) is 2. The number of hydrogen-bond acceptors (Lipinski definition) is 6. The number of carbonyl (C=O) groups excluding carboxylic acids is 2. The van der Waals surface area contributed by atoms with Gasteiger partial charge in [0.1, 0.15) is 11.2 Å². The molecule has 2 rings (SSSR count). The van der Waals surface area contributed by atoms with Crippen LogP contribution < -0.4 is 10.6 Å². The molecule has 2 aliphatic carbocycles. The van der Waals surface area contributed by atoms with E-state index in [1.807, 2.05) is 41.5 Å². The second-order valence-electron chi connectivity index (χ2n) is 15.7. The van der Waals surface area contributed by atoms with Crippen molar-refractivity contribution in [1.82, 2.24) is 10.6 Å². The van der Waals surface area contributed by atoms with E-state index in [4.69, 9.17) is 13.9 Å². The van der Waals surface area contributed by atoms with Gasteiger partial charge in [-0.3, -0.25) is 0 Å². The van der Waals surface area contributed by atoms with Crippen LogP contribution in [0.5, 0.6) is 0 Å². The predicted octanol–water partition coefficient (Wildman–Crippen LogP) is 7.93. The molecule has 2 saturated carbocycles. The van der Waals surface area contributed by atoms with E-state index in [9.17, 15) is 14.7 Å². The molecule has 8 nitrogen and oxygen atoms in total. The normalized spacial score (nSPS) is 18.7. The fourth-order valence-electron chi connectivity index (χ4n) is 5.12. The highest BCUT2D eigenvalue weighted by Gasteiger charge is 2.38. The molecule has 2 aliphatic rings. The Balaban J connectivity index is 0.000000435. The van der Waals surface area contributed by atoms with Crippen LogP contribution in [-0.4, -0.2) is 62.1 Å². The summed E-state index contributed by atoms with van der Waals surface area (Å²) in [5.41, 5.74) is -0.959. The summed E-state index contributed by atoms with van der Waals surface area (Å²) < 4.78 is 17.0. The first kappa shape index (κ1) is 37.7. The number of carbonyl (C=O) groups is 2. The second-order valence-corrected chi connectivity index (χ2v) is 20.5. The van der Waals surface area contributed by atoms with Crippen molar-refractivity contribution in [1.29, 1.82) is 0 Å². The maximum Gasteiger partial charge on any atom is 0.407 e. The molecule has 9 heteroatoms. The number of aliphatic hydroxyl groups is 1. The van der Waals surface area contributed by atoms with Crippen molar-refractivity contribution in [2.75, 3.05) is 13.2 Å². The lowest BCUT2D eigenvalue weighted by molar-refractivity contribution is 0.0463. The molecule has 0 spiro atoms. The highest BCUT2D eigenvalue weighted by Crippen LogP contribution is 2.37. The number of alkyl carbamates (subject to hydrolysis) is 2. The van der Waals surface area contributed by atoms with Gasteiger partial charge in [0.05, 0.1) is 25.3 Å². The minimum Gasteiger partial charge on any atom is -0.444 e. The average Bonchev–Trinajstić information content (AvgIpc) is 3.48. The van der Waals surface area contributed by atoms with Crippen LogP contribution in [0.2, 0.25) is 18.1 Å². The highest BCUT2D eigenvalue weighted by atomic mass is 28.4. The van der Waals surface area contributed by atoms with Gasteiger partial charge in [-0.2, -0.15) is 0 Å². The van der Waals surface area contributed by atoms with Gasteiger partial charge in [0, 0.05) is 0 Å². The van der Waals surface area contributed by atoms with Crippen molar-refractivity contribution >= 4 is 20.5 Å². The van der Waals surface area contributed by atoms with Crippen LogP contribution >= 0.6 is 0 Å². The van der Waals surface area contributed by atoms with Gasteiger partial charge in [-0.05, 0) is 84.4 Å². The van der Waals surface area contributed by atoms with Gasteiger partial charge in [-0.15, -0.1) is 0 Å². The van der Waals surface area contributed by atoms with Crippen molar-refractivity contribution in [3.05, 3.63) is 0 Å². The number of ether oxygens (including phenoxy) is 2. The molecule has 2 fully saturated rings. The Kier molecular flexibility index (Phi) is 15.2. The van der Waals surface area contributed by atoms with E-state index >= 15 is 0 Å². The Morgan fingerprint density at radius 3 is 1.44 bits per heavy atom. The Hall–Kier alpha value is -1.32. The lowest BCUT2D eigenvalue weighted by atomic mass is 9.99. The Labute approximate surface area is 252 Å². The van der Waals surface area contributed by atoms with Gasteiger partial charge in [0.25, 0.3) is 0 Å². The van der Waals surface area contributed by atoms with Gasteiger partial charge in [0.15, 0.2) is 8.32 Å². The third-order valence-corrected chi connectivity index (χ3v) is 12.8. The third kappa shape index (κ3) is 16.8. The topological polar surface area (TPSA) is 106 Å². The summed E-state index contributed by atoms with van der Waals surface area (Å²) in [5.74, 6) is 1.34. The molecule has 0 heterocycles. The summed E-state index contributed by atoms with van der Waals surface area (Å²) in [5, 5.41) is 15.2. The quantitative estimate of drug-likeness (QED) is 0.220. The van der Waals surface area contributed by atoms with E-state index in [0.29, 0.717) is 18.4 Å². The van der Waals surface area contributed by atoms with Crippen LogP contribution in [0.1, 0.15) is 127 Å². The third-order valence-electron chi connectivity index (χ3n) is 8.30. The summed E-state index contributed by atoms with van der Waals surface area (Å²) in [7, 11) is -1.81. The monoisotopic (exact) mass is 600 g/mol. The van der Waals surface area contributed by atoms with Gasteiger partial charge >= 0.3 is 12.2 Å². The van der Waals surface area contributed by atoms with Crippen molar-refractivity contribution in [3.8, 4) is 0 Å². The zero-order chi connectivity index (χ0) is 31.5. The molecule has 0 aromatic heterocycles. The van der Waals surface area contributed by atoms with E-state index in [2.05, 4.69) is 44.5 Å². The van der Waals surface area contributed by atoms with Gasteiger partial charge in [-0.1, -0.05) is 72.1 Å². The summed E-state index contributed by atoms with van der Waals surface area (Å²) in [6.07, 6.45) is 11.2. The maximum absolute atomic E-state index is 12.2. The molecule has 0 saturated heterocycles. The first-order chi connectivity index (χ1) is 18.7. The molecular weight excluding hydrogens is 536 g/mol. The molecule has 0 unspecified atom stereocenters. The van der Waals surface area contributed by atoms with Crippen LogP contribution in [0.15, 0.2) is 0 Å². The molecule has 0 radical (unpaired) electrons. The average molecular weight is 601 g/mol. The van der Waals surface area contributed by atoms with E-state index in [-0.39, 0.29) is 29.8 Å². The van der Waals surface area contributed by atoms with Gasteiger partial charge < -0.3 is 29.6 Å². The molecule has 0 aromatic carbocycles. The zero-order valence-corrected chi connectivity index (χ0v) is 29.3. The van der Waals surface area contributed by atoms with Crippen LogP contribution in [-0.2, 0) is 13.9 Å². The van der Waals surface area contributed by atoms with Crippen molar-refractivity contribution < 1.29 is 28.6 Å². The highest BCUT2D eigenvalue weighted by molar-refractivity contribution is 6.74. The Morgan fingerprint density at radius 2 is 1.10 bits per heavy atom. The van der Waals surface area contributed by atoms with Crippen molar-refractivity contribution in [2.45, 2.75) is 168 Å². The van der Waals surface area contributed by atoms with Gasteiger partial charge in [-0.25, -0.2) is 9.59 Å². The largest absolute Gasteiger partial charge is 0.444 e. The Bertz CT molecular complexity index is 773. The molecule has 3 N–H and O–H groups in total. The Morgan fingerprint density at radius 1 is 0.732 bits per heavy atom. The fraction of sp³-hybridized carbons (Fsp3) is 0.938. The molecule has 0 aliphatic heterocycles. The first-order valence-electron chi connectivity index (χ1n) is 15.9. The minimum atomic E-state index is -1.81. The van der Waals surface area contributed by atoms with Crippen LogP contribution in [0.3, 0.4) is 0 Å². The molecule has 0 aromatic rings. The van der Waals surface area contributed by atoms with Crippen LogP contribution in [0.25, 0.3) is 0 Å². The molecular formula is C32H64N2O6Si. The maximum atomic E-state index is 12.2. The standard InChI is InChI=1S/C19H39NO3Si.C13H25NO3/c1-18(2,3)23-17(21)20-16(13-15-11-9-10-12-15)14-22-24(7,8)19(4,5)6;1-13(2,3)17-12(16)14-11(9-15)8-10-6-4-5-7-10/h15-16H,9-14H2,1-8H3,(H,20,21);10-11,15H,4-9H2,1-3H3,(H,14,16)/t16-;11-/m00/s1. The fourth-order valence-corrected chi connectivity index (χ4v) is 6.17. The number of hydrogen-bond donors (Lipinski definition) is 3. The number of amides is 2. The van der Waals surface area contributed by atoms with Crippen molar-refractivity contribution in [3.63, 3.8) is 0 Å². The van der Waals surface area contributed by atoms with Gasteiger partial charge in [0.2, 0.25) is 0 Å². The molecule has 2 atom stereocenters. The molecule has 242 valence electrons. The SMILES string of the molecule is CC(C)(C)OC(=O)N[C@H](CO)CC1CCCC1.CC(C)(C)OC(=O)N[C@H](CO[Si](C)(C)C(C)(C)C)CC1CCCC1. The van der Waals surface area contributed by atoms with Crippen LogP contribution in [0, 0.1) is 11.8 Å². The van der Waals surface area contributed by atoms with E-state index in [0.717, 1.165) is 12.8 Å². The summed E-state index contributed by atoms with van der Waals surface area (Å²) in [6, 6.07) is -0.134. The van der Waals surface area contributed by atoms with Crippen LogP contribution in [0.4, 0.5) is 9.59 Å². The van der Waals surface area contributed by atoms with Crippen molar-refractivity contribution in [2.24, 2.45) is 11.8 Å². The lowest BCUT2D eigenvalue weighted by Crippen LogP contribution is -2.47.